The summed E-state index contributed by atoms with van der Waals surface area (Å²) in [6.07, 6.45) is 1.10. The average Bonchev–Trinajstić information content (AvgIpc) is 2.14. The smallest absolute Gasteiger partial charge is 0.0623 e. The zero-order valence-corrected chi connectivity index (χ0v) is 10.3. The SMILES string of the molecule is CCCNC(C)(CO)CN(C)C(C)C. The molecule has 0 aliphatic carbocycles. The second-order valence-corrected chi connectivity index (χ2v) is 4.65. The maximum Gasteiger partial charge on any atom is 0.0623 e. The minimum atomic E-state index is -0.172. The molecule has 1 atom stereocenters. The van der Waals surface area contributed by atoms with Gasteiger partial charge in [-0.1, -0.05) is 6.92 Å². The Labute approximate surface area is 88.5 Å². The Balaban J connectivity index is 4.09. The van der Waals surface area contributed by atoms with Gasteiger partial charge in [0.1, 0.15) is 0 Å². The minimum Gasteiger partial charge on any atom is -0.394 e. The summed E-state index contributed by atoms with van der Waals surface area (Å²) in [5.41, 5.74) is -0.172. The first kappa shape index (κ1) is 13.9. The van der Waals surface area contributed by atoms with Crippen LogP contribution in [0, 0.1) is 0 Å². The van der Waals surface area contributed by atoms with E-state index >= 15 is 0 Å². The number of hydrogen-bond donors (Lipinski definition) is 2. The summed E-state index contributed by atoms with van der Waals surface area (Å²) in [4.78, 5) is 2.25. The fraction of sp³-hybridized carbons (Fsp3) is 1.00. The first-order valence-electron chi connectivity index (χ1n) is 5.51. The van der Waals surface area contributed by atoms with Gasteiger partial charge in [-0.3, -0.25) is 0 Å². The molecule has 0 aromatic rings. The van der Waals surface area contributed by atoms with Crippen molar-refractivity contribution in [1.82, 2.24) is 10.2 Å². The Morgan fingerprint density at radius 1 is 1.43 bits per heavy atom. The molecule has 2 N–H and O–H groups in total. The number of hydrogen-bond acceptors (Lipinski definition) is 3. The lowest BCUT2D eigenvalue weighted by atomic mass is 10.0. The van der Waals surface area contributed by atoms with E-state index in [9.17, 15) is 5.11 Å². The van der Waals surface area contributed by atoms with Crippen LogP contribution in [-0.2, 0) is 0 Å². The van der Waals surface area contributed by atoms with E-state index in [-0.39, 0.29) is 12.1 Å². The van der Waals surface area contributed by atoms with Crippen molar-refractivity contribution in [1.29, 1.82) is 0 Å². The number of nitrogens with zero attached hydrogens (tertiary/aromatic N) is 1. The normalized spacial score (nSPS) is 16.3. The summed E-state index contributed by atoms with van der Waals surface area (Å²) in [7, 11) is 2.09. The molecule has 0 saturated carbocycles. The van der Waals surface area contributed by atoms with Crippen molar-refractivity contribution < 1.29 is 5.11 Å². The van der Waals surface area contributed by atoms with E-state index in [2.05, 4.69) is 45.0 Å². The molecule has 14 heavy (non-hydrogen) atoms. The third-order valence-electron chi connectivity index (χ3n) is 2.63. The Morgan fingerprint density at radius 3 is 2.36 bits per heavy atom. The van der Waals surface area contributed by atoms with Gasteiger partial charge in [0.25, 0.3) is 0 Å². The highest BCUT2D eigenvalue weighted by Gasteiger charge is 2.24. The molecule has 0 fully saturated rings. The van der Waals surface area contributed by atoms with Crippen molar-refractivity contribution >= 4 is 0 Å². The number of aliphatic hydroxyl groups is 1. The van der Waals surface area contributed by atoms with Gasteiger partial charge in [-0.2, -0.15) is 0 Å². The second kappa shape index (κ2) is 6.38. The summed E-state index contributed by atoms with van der Waals surface area (Å²) in [6, 6.07) is 0.518. The highest BCUT2D eigenvalue weighted by molar-refractivity contribution is 4.85. The Hall–Kier alpha value is -0.120. The van der Waals surface area contributed by atoms with Crippen LogP contribution in [0.1, 0.15) is 34.1 Å². The van der Waals surface area contributed by atoms with Crippen LogP contribution in [0.4, 0.5) is 0 Å². The lowest BCUT2D eigenvalue weighted by Crippen LogP contribution is -2.54. The molecule has 86 valence electrons. The summed E-state index contributed by atoms with van der Waals surface area (Å²) >= 11 is 0. The van der Waals surface area contributed by atoms with Crippen molar-refractivity contribution in [3.05, 3.63) is 0 Å². The van der Waals surface area contributed by atoms with Crippen molar-refractivity contribution in [2.45, 2.75) is 45.7 Å². The van der Waals surface area contributed by atoms with Gasteiger partial charge in [-0.15, -0.1) is 0 Å². The summed E-state index contributed by atoms with van der Waals surface area (Å²) in [6.45, 7) is 10.6. The molecule has 0 rings (SSSR count). The van der Waals surface area contributed by atoms with E-state index < -0.39 is 0 Å². The monoisotopic (exact) mass is 202 g/mol. The molecular weight excluding hydrogens is 176 g/mol. The van der Waals surface area contributed by atoms with Crippen LogP contribution in [0.3, 0.4) is 0 Å². The molecule has 0 bridgehead atoms. The largest absolute Gasteiger partial charge is 0.394 e. The third kappa shape index (κ3) is 4.94. The Bertz CT molecular complexity index is 150. The van der Waals surface area contributed by atoms with Gasteiger partial charge >= 0.3 is 0 Å². The molecular formula is C11H26N2O. The van der Waals surface area contributed by atoms with Crippen molar-refractivity contribution in [2.75, 3.05) is 26.7 Å². The van der Waals surface area contributed by atoms with Crippen LogP contribution in [0.2, 0.25) is 0 Å². The van der Waals surface area contributed by atoms with Crippen molar-refractivity contribution in [2.24, 2.45) is 0 Å². The molecule has 0 amide bonds. The van der Waals surface area contributed by atoms with Gasteiger partial charge in [0.05, 0.1) is 12.1 Å². The van der Waals surface area contributed by atoms with Crippen LogP contribution in [0.5, 0.6) is 0 Å². The highest BCUT2D eigenvalue weighted by Crippen LogP contribution is 2.07. The molecule has 3 nitrogen and oxygen atoms in total. The third-order valence-corrected chi connectivity index (χ3v) is 2.63. The standard InChI is InChI=1S/C11H26N2O/c1-6-7-12-11(4,9-14)8-13(5)10(2)3/h10,12,14H,6-9H2,1-5H3. The summed E-state index contributed by atoms with van der Waals surface area (Å²) < 4.78 is 0. The van der Waals surface area contributed by atoms with Crippen LogP contribution < -0.4 is 5.32 Å². The Kier molecular flexibility index (Phi) is 6.33. The summed E-state index contributed by atoms with van der Waals surface area (Å²) in [5.74, 6) is 0. The fourth-order valence-electron chi connectivity index (χ4n) is 1.32. The molecule has 0 saturated heterocycles. The molecule has 0 aliphatic heterocycles. The van der Waals surface area contributed by atoms with Crippen molar-refractivity contribution in [3.8, 4) is 0 Å². The molecule has 0 aromatic heterocycles. The van der Waals surface area contributed by atoms with Gasteiger partial charge in [0.2, 0.25) is 0 Å². The van der Waals surface area contributed by atoms with Crippen LogP contribution in [0.25, 0.3) is 0 Å². The summed E-state index contributed by atoms with van der Waals surface area (Å²) in [5, 5.41) is 12.7. The first-order chi connectivity index (χ1) is 6.45. The van der Waals surface area contributed by atoms with E-state index in [1.807, 2.05) is 0 Å². The highest BCUT2D eigenvalue weighted by atomic mass is 16.3. The first-order valence-corrected chi connectivity index (χ1v) is 5.51. The van der Waals surface area contributed by atoms with E-state index in [0.717, 1.165) is 19.5 Å². The average molecular weight is 202 g/mol. The van der Waals surface area contributed by atoms with Gasteiger partial charge in [-0.05, 0) is 40.8 Å². The molecule has 0 radical (unpaired) electrons. The van der Waals surface area contributed by atoms with E-state index in [1.165, 1.54) is 0 Å². The van der Waals surface area contributed by atoms with E-state index in [1.54, 1.807) is 0 Å². The van der Waals surface area contributed by atoms with E-state index in [4.69, 9.17) is 0 Å². The quantitative estimate of drug-likeness (QED) is 0.648. The van der Waals surface area contributed by atoms with Crippen LogP contribution >= 0.6 is 0 Å². The van der Waals surface area contributed by atoms with Gasteiger partial charge in [0.15, 0.2) is 0 Å². The zero-order chi connectivity index (χ0) is 11.2. The number of nitrogens with one attached hydrogen (secondary N) is 1. The molecule has 3 heteroatoms. The number of likely N-dealkylation sites (N-methyl/N-ethyl adjacent to an activating group) is 1. The number of aliphatic hydroxyl groups excluding tert-OH is 1. The zero-order valence-electron chi connectivity index (χ0n) is 10.3. The van der Waals surface area contributed by atoms with Gasteiger partial charge in [0, 0.05) is 12.6 Å². The molecule has 0 aromatic carbocycles. The predicted molar refractivity (Wildman–Crippen MR) is 61.6 cm³/mol. The van der Waals surface area contributed by atoms with Gasteiger partial charge in [-0.25, -0.2) is 0 Å². The van der Waals surface area contributed by atoms with E-state index in [0.29, 0.717) is 6.04 Å². The molecule has 1 unspecified atom stereocenters. The lowest BCUT2D eigenvalue weighted by molar-refractivity contribution is 0.119. The minimum absolute atomic E-state index is 0.172. The molecule has 0 spiro atoms. The molecule has 0 heterocycles. The topological polar surface area (TPSA) is 35.5 Å². The molecule has 0 aliphatic rings. The van der Waals surface area contributed by atoms with Crippen LogP contribution in [-0.4, -0.2) is 48.3 Å². The Morgan fingerprint density at radius 2 is 2.00 bits per heavy atom. The predicted octanol–water partition coefficient (Wildman–Crippen LogP) is 1.08. The van der Waals surface area contributed by atoms with Crippen molar-refractivity contribution in [3.63, 3.8) is 0 Å². The maximum absolute atomic E-state index is 9.35. The maximum atomic E-state index is 9.35. The van der Waals surface area contributed by atoms with Gasteiger partial charge < -0.3 is 15.3 Å². The lowest BCUT2D eigenvalue weighted by Gasteiger charge is -2.35. The second-order valence-electron chi connectivity index (χ2n) is 4.65. The number of rotatable bonds is 7. The van der Waals surface area contributed by atoms with Crippen LogP contribution in [0.15, 0.2) is 0 Å². The fourth-order valence-corrected chi connectivity index (χ4v) is 1.32.